The Kier molecular flexibility index (Phi) is 7.25. The van der Waals surface area contributed by atoms with Gasteiger partial charge in [0.2, 0.25) is 5.91 Å². The van der Waals surface area contributed by atoms with Gasteiger partial charge < -0.3 is 5.32 Å². The molecule has 2 rings (SSSR count). The molecule has 0 unspecified atom stereocenters. The fraction of sp³-hybridized carbons (Fsp3) is 0.476. The number of nitrogens with one attached hydrogen (secondary N) is 1. The van der Waals surface area contributed by atoms with Crippen LogP contribution in [-0.2, 0) is 16.8 Å². The molecule has 0 aliphatic heterocycles. The van der Waals surface area contributed by atoms with Gasteiger partial charge in [-0.05, 0) is 24.3 Å². The maximum absolute atomic E-state index is 12.2. The van der Waals surface area contributed by atoms with Gasteiger partial charge in [0.25, 0.3) is 0 Å². The van der Waals surface area contributed by atoms with E-state index in [1.54, 1.807) is 0 Å². The number of hydrogen-bond acceptors (Lipinski definition) is 4. The molecule has 0 saturated carbocycles. The SMILES string of the molecule is C=CCn1c(S[C@@H](C)C(=O)NCCC)nnc1-c1ccc(C(C)(C)C)cc1. The average molecular weight is 387 g/mol. The number of hydrogen-bond donors (Lipinski definition) is 1. The Morgan fingerprint density at radius 1 is 1.30 bits per heavy atom. The summed E-state index contributed by atoms with van der Waals surface area (Å²) < 4.78 is 2.01. The van der Waals surface area contributed by atoms with E-state index in [1.165, 1.54) is 17.3 Å². The fourth-order valence-corrected chi connectivity index (χ4v) is 3.49. The predicted molar refractivity (Wildman–Crippen MR) is 113 cm³/mol. The van der Waals surface area contributed by atoms with E-state index in [0.29, 0.717) is 13.1 Å². The topological polar surface area (TPSA) is 59.8 Å². The van der Waals surface area contributed by atoms with Crippen LogP contribution in [-0.4, -0.2) is 32.5 Å². The van der Waals surface area contributed by atoms with Crippen LogP contribution in [0.4, 0.5) is 0 Å². The summed E-state index contributed by atoms with van der Waals surface area (Å²) in [6, 6.07) is 8.43. The molecule has 2 aromatic rings. The summed E-state index contributed by atoms with van der Waals surface area (Å²) in [5, 5.41) is 12.1. The van der Waals surface area contributed by atoms with Gasteiger partial charge in [0.1, 0.15) is 0 Å². The van der Waals surface area contributed by atoms with Crippen LogP contribution < -0.4 is 5.32 Å². The molecule has 1 N–H and O–H groups in total. The van der Waals surface area contributed by atoms with E-state index in [4.69, 9.17) is 0 Å². The molecule has 0 aliphatic rings. The van der Waals surface area contributed by atoms with Crippen LogP contribution >= 0.6 is 11.8 Å². The molecule has 0 bridgehead atoms. The normalized spacial score (nSPS) is 12.6. The monoisotopic (exact) mass is 386 g/mol. The summed E-state index contributed by atoms with van der Waals surface area (Å²) in [6.45, 7) is 15.6. The van der Waals surface area contributed by atoms with Crippen LogP contribution in [0.15, 0.2) is 42.1 Å². The molecule has 0 radical (unpaired) electrons. The van der Waals surface area contributed by atoms with Crippen molar-refractivity contribution in [3.8, 4) is 11.4 Å². The Balaban J connectivity index is 2.26. The molecule has 1 aromatic carbocycles. The van der Waals surface area contributed by atoms with Gasteiger partial charge in [-0.25, -0.2) is 0 Å². The van der Waals surface area contributed by atoms with Crippen molar-refractivity contribution in [2.75, 3.05) is 6.54 Å². The maximum atomic E-state index is 12.2. The second-order valence-corrected chi connectivity index (χ2v) is 8.89. The highest BCUT2D eigenvalue weighted by molar-refractivity contribution is 8.00. The molecule has 27 heavy (non-hydrogen) atoms. The van der Waals surface area contributed by atoms with Crippen molar-refractivity contribution in [2.24, 2.45) is 0 Å². The van der Waals surface area contributed by atoms with Crippen molar-refractivity contribution in [1.82, 2.24) is 20.1 Å². The Morgan fingerprint density at radius 3 is 2.52 bits per heavy atom. The van der Waals surface area contributed by atoms with Crippen LogP contribution in [0.2, 0.25) is 0 Å². The molecule has 5 nitrogen and oxygen atoms in total. The zero-order valence-electron chi connectivity index (χ0n) is 17.0. The number of nitrogens with zero attached hydrogens (tertiary/aromatic N) is 3. The first-order valence-corrected chi connectivity index (χ1v) is 10.2. The lowest BCUT2D eigenvalue weighted by Gasteiger charge is -2.19. The van der Waals surface area contributed by atoms with E-state index in [9.17, 15) is 4.79 Å². The molecule has 0 spiro atoms. The Morgan fingerprint density at radius 2 is 1.96 bits per heavy atom. The summed E-state index contributed by atoms with van der Waals surface area (Å²) in [5.41, 5.74) is 2.39. The first-order valence-electron chi connectivity index (χ1n) is 9.37. The molecule has 1 atom stereocenters. The lowest BCUT2D eigenvalue weighted by atomic mass is 9.87. The highest BCUT2D eigenvalue weighted by atomic mass is 32.2. The Bertz CT molecular complexity index is 774. The van der Waals surface area contributed by atoms with Crippen molar-refractivity contribution >= 4 is 17.7 Å². The quantitative estimate of drug-likeness (QED) is 0.538. The molecule has 1 aromatic heterocycles. The Hall–Kier alpha value is -2.08. The predicted octanol–water partition coefficient (Wildman–Crippen LogP) is 4.44. The van der Waals surface area contributed by atoms with E-state index in [-0.39, 0.29) is 16.6 Å². The summed E-state index contributed by atoms with van der Waals surface area (Å²) in [7, 11) is 0. The molecule has 0 aliphatic carbocycles. The van der Waals surface area contributed by atoms with E-state index in [1.807, 2.05) is 24.5 Å². The largest absolute Gasteiger partial charge is 0.355 e. The lowest BCUT2D eigenvalue weighted by Crippen LogP contribution is -2.31. The zero-order valence-corrected chi connectivity index (χ0v) is 17.8. The van der Waals surface area contributed by atoms with Crippen LogP contribution in [0, 0.1) is 0 Å². The second kappa shape index (κ2) is 9.22. The van der Waals surface area contributed by atoms with Gasteiger partial charge in [-0.3, -0.25) is 9.36 Å². The summed E-state index contributed by atoms with van der Waals surface area (Å²) >= 11 is 1.42. The van der Waals surface area contributed by atoms with Crippen molar-refractivity contribution in [2.45, 2.75) is 63.4 Å². The lowest BCUT2D eigenvalue weighted by molar-refractivity contribution is -0.120. The van der Waals surface area contributed by atoms with E-state index in [2.05, 4.69) is 67.1 Å². The van der Waals surface area contributed by atoms with Gasteiger partial charge in [0.05, 0.1) is 5.25 Å². The third-order valence-electron chi connectivity index (χ3n) is 4.24. The number of allylic oxidation sites excluding steroid dienone is 1. The number of aromatic nitrogens is 3. The number of rotatable bonds is 8. The van der Waals surface area contributed by atoms with E-state index in [0.717, 1.165) is 23.0 Å². The van der Waals surface area contributed by atoms with Crippen molar-refractivity contribution in [3.05, 3.63) is 42.5 Å². The number of carbonyl (C=O) groups excluding carboxylic acids is 1. The fourth-order valence-electron chi connectivity index (χ4n) is 2.61. The van der Waals surface area contributed by atoms with Crippen LogP contribution in [0.5, 0.6) is 0 Å². The Labute approximate surface area is 166 Å². The molecule has 146 valence electrons. The van der Waals surface area contributed by atoms with E-state index >= 15 is 0 Å². The molecule has 0 saturated heterocycles. The average Bonchev–Trinajstić information content (AvgIpc) is 3.01. The standard InChI is InChI=1S/C21H30N4OS/c1-7-13-22-19(26)15(3)27-20-24-23-18(25(20)14-8-2)16-9-11-17(12-10-16)21(4,5)6/h8-12,15H,2,7,13-14H2,1,3-6H3,(H,22,26)/t15-/m0/s1. The van der Waals surface area contributed by atoms with Crippen molar-refractivity contribution < 1.29 is 4.79 Å². The smallest absolute Gasteiger partial charge is 0.233 e. The van der Waals surface area contributed by atoms with Gasteiger partial charge >= 0.3 is 0 Å². The van der Waals surface area contributed by atoms with Crippen LogP contribution in [0.25, 0.3) is 11.4 Å². The minimum atomic E-state index is -0.236. The third kappa shape index (κ3) is 5.45. The summed E-state index contributed by atoms with van der Waals surface area (Å²) in [6.07, 6.45) is 2.74. The molecular formula is C21H30N4OS. The second-order valence-electron chi connectivity index (χ2n) is 7.58. The molecule has 6 heteroatoms. The summed E-state index contributed by atoms with van der Waals surface area (Å²) in [5.74, 6) is 0.810. The van der Waals surface area contributed by atoms with Crippen LogP contribution in [0.1, 0.15) is 46.6 Å². The molecule has 1 amide bonds. The maximum Gasteiger partial charge on any atom is 0.233 e. The number of amides is 1. The highest BCUT2D eigenvalue weighted by Gasteiger charge is 2.20. The number of benzene rings is 1. The highest BCUT2D eigenvalue weighted by Crippen LogP contribution is 2.29. The minimum absolute atomic E-state index is 0.0195. The van der Waals surface area contributed by atoms with Crippen molar-refractivity contribution in [3.63, 3.8) is 0 Å². The van der Waals surface area contributed by atoms with Gasteiger partial charge in [-0.15, -0.1) is 16.8 Å². The van der Waals surface area contributed by atoms with Gasteiger partial charge in [-0.1, -0.05) is 69.8 Å². The van der Waals surface area contributed by atoms with Gasteiger partial charge in [0.15, 0.2) is 11.0 Å². The van der Waals surface area contributed by atoms with Gasteiger partial charge in [-0.2, -0.15) is 0 Å². The van der Waals surface area contributed by atoms with Crippen LogP contribution in [0.3, 0.4) is 0 Å². The first-order chi connectivity index (χ1) is 12.8. The van der Waals surface area contributed by atoms with Crippen molar-refractivity contribution in [1.29, 1.82) is 0 Å². The number of thioether (sulfide) groups is 1. The number of carbonyl (C=O) groups is 1. The first kappa shape index (κ1) is 21.2. The van der Waals surface area contributed by atoms with E-state index < -0.39 is 0 Å². The molecule has 0 fully saturated rings. The molecular weight excluding hydrogens is 356 g/mol. The van der Waals surface area contributed by atoms with Gasteiger partial charge in [0, 0.05) is 18.7 Å². The summed E-state index contributed by atoms with van der Waals surface area (Å²) in [4.78, 5) is 12.2. The minimum Gasteiger partial charge on any atom is -0.355 e. The zero-order chi connectivity index (χ0) is 20.0. The molecule has 1 heterocycles. The third-order valence-corrected chi connectivity index (χ3v) is 5.32.